The summed E-state index contributed by atoms with van der Waals surface area (Å²) in [7, 11) is 0. The summed E-state index contributed by atoms with van der Waals surface area (Å²) in [6.45, 7) is 4.43. The molecule has 6 aromatic carbocycles. The van der Waals surface area contributed by atoms with Crippen LogP contribution in [0.5, 0.6) is 0 Å². The third kappa shape index (κ3) is 5.31. The number of nitrogens with zero attached hydrogens (tertiary/aromatic N) is 3. The molecule has 0 amide bonds. The van der Waals surface area contributed by atoms with Crippen LogP contribution in [0.2, 0.25) is 0 Å². The van der Waals surface area contributed by atoms with Gasteiger partial charge in [-0.05, 0) is 80.1 Å². The van der Waals surface area contributed by atoms with Crippen molar-refractivity contribution in [1.29, 1.82) is 0 Å². The lowest BCUT2D eigenvalue weighted by molar-refractivity contribution is 0.758. The van der Waals surface area contributed by atoms with Crippen molar-refractivity contribution in [3.63, 3.8) is 0 Å². The monoisotopic (exact) mass is 717 g/mol. The van der Waals surface area contributed by atoms with E-state index in [1.807, 2.05) is 60.7 Å². The van der Waals surface area contributed by atoms with Crippen LogP contribution >= 0.6 is 0 Å². The molecule has 3 aliphatic carbocycles. The van der Waals surface area contributed by atoms with E-state index in [9.17, 15) is 0 Å². The zero-order valence-electron chi connectivity index (χ0n) is 31.4. The van der Waals surface area contributed by atoms with Gasteiger partial charge < -0.3 is 0 Å². The topological polar surface area (TPSA) is 38.7 Å². The fourth-order valence-electron chi connectivity index (χ4n) is 9.00. The Balaban J connectivity index is 1.18. The van der Waals surface area contributed by atoms with Crippen LogP contribution in [0.15, 0.2) is 205 Å². The van der Waals surface area contributed by atoms with Gasteiger partial charge in [0.2, 0.25) is 0 Å². The van der Waals surface area contributed by atoms with Crippen molar-refractivity contribution in [1.82, 2.24) is 15.0 Å². The van der Waals surface area contributed by atoms with Crippen LogP contribution < -0.4 is 0 Å². The molecular formula is C53H39N3. The number of aromatic nitrogens is 3. The van der Waals surface area contributed by atoms with Crippen molar-refractivity contribution in [2.45, 2.75) is 19.3 Å². The van der Waals surface area contributed by atoms with E-state index in [2.05, 4.69) is 147 Å². The number of benzene rings is 6. The molecule has 1 atom stereocenters. The second kappa shape index (κ2) is 13.7. The SMILES string of the molecule is C\C=C/C=C1\C(=C2/C=C(c3cccc(-c4nc(-c5ccccc5)nc(-c5ccccc5)n4)c3)C=CC2C)C2(c3ccccc31)c1ccccc1-c1ccccc12. The van der Waals surface area contributed by atoms with E-state index in [1.54, 1.807) is 0 Å². The highest BCUT2D eigenvalue weighted by atomic mass is 15.0. The molecule has 56 heavy (non-hydrogen) atoms. The van der Waals surface area contributed by atoms with Gasteiger partial charge in [0.15, 0.2) is 17.5 Å². The molecule has 1 unspecified atom stereocenters. The number of hydrogen-bond acceptors (Lipinski definition) is 3. The third-order valence-corrected chi connectivity index (χ3v) is 11.5. The highest BCUT2D eigenvalue weighted by Gasteiger charge is 2.54. The Morgan fingerprint density at radius 2 is 1.00 bits per heavy atom. The Morgan fingerprint density at radius 1 is 0.518 bits per heavy atom. The van der Waals surface area contributed by atoms with Crippen molar-refractivity contribution >= 4 is 11.1 Å². The van der Waals surface area contributed by atoms with Crippen LogP contribution in [0.3, 0.4) is 0 Å². The highest BCUT2D eigenvalue weighted by Crippen LogP contribution is 2.65. The number of allylic oxidation sites excluding steroid dienone is 10. The van der Waals surface area contributed by atoms with Crippen LogP contribution in [-0.4, -0.2) is 15.0 Å². The van der Waals surface area contributed by atoms with E-state index < -0.39 is 5.41 Å². The first-order valence-corrected chi connectivity index (χ1v) is 19.4. The molecular weight excluding hydrogens is 679 g/mol. The summed E-state index contributed by atoms with van der Waals surface area (Å²) in [5, 5.41) is 0. The molecule has 0 N–H and O–H groups in total. The van der Waals surface area contributed by atoms with E-state index in [4.69, 9.17) is 15.0 Å². The quantitative estimate of drug-likeness (QED) is 0.178. The molecule has 266 valence electrons. The molecule has 0 aliphatic heterocycles. The fourth-order valence-corrected chi connectivity index (χ4v) is 9.00. The molecule has 7 aromatic rings. The second-order valence-corrected chi connectivity index (χ2v) is 14.7. The summed E-state index contributed by atoms with van der Waals surface area (Å²) in [5.41, 5.74) is 16.6. The Labute approximate surface area is 328 Å². The first-order chi connectivity index (χ1) is 27.6. The zero-order valence-corrected chi connectivity index (χ0v) is 31.4. The molecule has 0 radical (unpaired) electrons. The maximum Gasteiger partial charge on any atom is 0.164 e. The van der Waals surface area contributed by atoms with E-state index >= 15 is 0 Å². The van der Waals surface area contributed by atoms with E-state index in [0.717, 1.165) is 27.8 Å². The van der Waals surface area contributed by atoms with Crippen molar-refractivity contribution in [2.24, 2.45) is 5.92 Å². The van der Waals surface area contributed by atoms with Gasteiger partial charge >= 0.3 is 0 Å². The summed E-state index contributed by atoms with van der Waals surface area (Å²) < 4.78 is 0. The van der Waals surface area contributed by atoms with Crippen LogP contribution in [-0.2, 0) is 5.41 Å². The molecule has 3 heteroatoms. The van der Waals surface area contributed by atoms with Crippen molar-refractivity contribution < 1.29 is 0 Å². The fraction of sp³-hybridized carbons (Fsp3) is 0.0755. The van der Waals surface area contributed by atoms with Crippen LogP contribution in [0.1, 0.15) is 41.7 Å². The van der Waals surface area contributed by atoms with Gasteiger partial charge in [0.05, 0.1) is 5.41 Å². The minimum Gasteiger partial charge on any atom is -0.208 e. The van der Waals surface area contributed by atoms with Gasteiger partial charge in [0.1, 0.15) is 0 Å². The normalized spacial score (nSPS) is 18.3. The maximum atomic E-state index is 5.05. The molecule has 1 heterocycles. The summed E-state index contributed by atoms with van der Waals surface area (Å²) in [6, 6.07) is 56.0. The Morgan fingerprint density at radius 3 is 1.59 bits per heavy atom. The molecule has 1 aromatic heterocycles. The molecule has 3 nitrogen and oxygen atoms in total. The Kier molecular flexibility index (Phi) is 8.22. The Bertz CT molecular complexity index is 2720. The largest absolute Gasteiger partial charge is 0.208 e. The molecule has 0 saturated carbocycles. The van der Waals surface area contributed by atoms with Gasteiger partial charge in [-0.25, -0.2) is 15.0 Å². The molecule has 0 bridgehead atoms. The van der Waals surface area contributed by atoms with E-state index in [0.29, 0.717) is 17.5 Å². The standard InChI is InChI=1S/C53H39N3/c1-3-4-24-44-43-27-13-16-30-48(43)53(46-28-14-11-25-41(46)42-26-12-15-29-47(42)53)49(44)45-34-39(32-31-35(45)2)38-22-17-23-40(33-38)52-55-50(36-18-7-5-8-19-36)54-51(56-52)37-20-9-6-10-21-37/h3-35H,1-2H3/b4-3-,44-24-,49-45-. The second-order valence-electron chi connectivity index (χ2n) is 14.7. The average Bonchev–Trinajstić information content (AvgIpc) is 3.73. The average molecular weight is 718 g/mol. The van der Waals surface area contributed by atoms with Gasteiger partial charge in [0, 0.05) is 16.7 Å². The van der Waals surface area contributed by atoms with Crippen LogP contribution in [0, 0.1) is 5.92 Å². The molecule has 3 aliphatic rings. The number of hydrogen-bond donors (Lipinski definition) is 0. The van der Waals surface area contributed by atoms with E-state index in [-0.39, 0.29) is 5.92 Å². The van der Waals surface area contributed by atoms with E-state index in [1.165, 1.54) is 50.1 Å². The van der Waals surface area contributed by atoms with Crippen LogP contribution in [0.25, 0.3) is 56.4 Å². The summed E-state index contributed by atoms with van der Waals surface area (Å²) in [6.07, 6.45) is 13.7. The lowest BCUT2D eigenvalue weighted by Crippen LogP contribution is -2.28. The minimum absolute atomic E-state index is 0.183. The first kappa shape index (κ1) is 33.6. The molecule has 0 saturated heterocycles. The smallest absolute Gasteiger partial charge is 0.164 e. The predicted octanol–water partition coefficient (Wildman–Crippen LogP) is 12.7. The third-order valence-electron chi connectivity index (χ3n) is 11.5. The lowest BCUT2D eigenvalue weighted by atomic mass is 9.67. The number of fused-ring (bicyclic) bond motifs is 7. The van der Waals surface area contributed by atoms with Gasteiger partial charge in [-0.1, -0.05) is 195 Å². The molecule has 0 fully saturated rings. The van der Waals surface area contributed by atoms with Crippen molar-refractivity contribution in [3.8, 4) is 45.3 Å². The van der Waals surface area contributed by atoms with Gasteiger partial charge in [0.25, 0.3) is 0 Å². The Hall–Kier alpha value is -6.97. The van der Waals surface area contributed by atoms with Gasteiger partial charge in [-0.2, -0.15) is 0 Å². The maximum absolute atomic E-state index is 5.05. The van der Waals surface area contributed by atoms with Crippen molar-refractivity contribution in [3.05, 3.63) is 233 Å². The highest BCUT2D eigenvalue weighted by molar-refractivity contribution is 6.01. The lowest BCUT2D eigenvalue weighted by Gasteiger charge is -2.34. The first-order valence-electron chi connectivity index (χ1n) is 19.4. The van der Waals surface area contributed by atoms with Gasteiger partial charge in [-0.3, -0.25) is 0 Å². The van der Waals surface area contributed by atoms with Crippen molar-refractivity contribution in [2.75, 3.05) is 0 Å². The molecule has 1 spiro atoms. The number of rotatable bonds is 5. The summed E-state index contributed by atoms with van der Waals surface area (Å²) in [4.78, 5) is 15.0. The summed E-state index contributed by atoms with van der Waals surface area (Å²) in [5.74, 6) is 2.14. The minimum atomic E-state index is -0.456. The molecule has 10 rings (SSSR count). The predicted molar refractivity (Wildman–Crippen MR) is 230 cm³/mol. The van der Waals surface area contributed by atoms with Gasteiger partial charge in [-0.15, -0.1) is 0 Å². The van der Waals surface area contributed by atoms with Crippen LogP contribution in [0.4, 0.5) is 0 Å². The zero-order chi connectivity index (χ0) is 37.6. The summed E-state index contributed by atoms with van der Waals surface area (Å²) >= 11 is 0.